The molecule has 11 heteroatoms. The maximum Gasteiger partial charge on any atom is 0.320 e. The number of aliphatic hydroxyl groups is 1. The third kappa shape index (κ3) is 7.51. The topological polar surface area (TPSA) is 144 Å². The summed E-state index contributed by atoms with van der Waals surface area (Å²) in [5, 5.41) is 24.7. The molecule has 268 valence electrons. The third-order valence-corrected chi connectivity index (χ3v) is 10.7. The van der Waals surface area contributed by atoms with Gasteiger partial charge in [0.25, 0.3) is 5.91 Å². The van der Waals surface area contributed by atoms with E-state index in [1.165, 1.54) is 12.1 Å². The Balaban J connectivity index is 0.857. The molecule has 4 saturated heterocycles. The summed E-state index contributed by atoms with van der Waals surface area (Å²) in [7, 11) is 0. The highest BCUT2D eigenvalue weighted by atomic mass is 16.5. The summed E-state index contributed by atoms with van der Waals surface area (Å²) in [5.41, 5.74) is 1.17. The number of piperidine rings is 3. The number of fused-ring (bicyclic) bond motifs is 4. The van der Waals surface area contributed by atoms with Crippen molar-refractivity contribution in [2.45, 2.75) is 49.7 Å². The van der Waals surface area contributed by atoms with Gasteiger partial charge in [-0.05, 0) is 99.1 Å². The van der Waals surface area contributed by atoms with Crippen LogP contribution in [0.3, 0.4) is 0 Å². The van der Waals surface area contributed by atoms with Gasteiger partial charge >= 0.3 is 5.97 Å². The molecule has 11 nitrogen and oxygen atoms in total. The van der Waals surface area contributed by atoms with Crippen molar-refractivity contribution < 1.29 is 29.3 Å². The van der Waals surface area contributed by atoms with Crippen LogP contribution in [0.25, 0.3) is 10.9 Å². The summed E-state index contributed by atoms with van der Waals surface area (Å²) in [6, 6.07) is 23.0. The van der Waals surface area contributed by atoms with Crippen molar-refractivity contribution in [2.75, 3.05) is 52.4 Å². The van der Waals surface area contributed by atoms with Gasteiger partial charge in [0.2, 0.25) is 5.56 Å². The minimum atomic E-state index is -0.870. The number of phenols is 1. The van der Waals surface area contributed by atoms with E-state index in [1.807, 2.05) is 42.5 Å². The zero-order valence-corrected chi connectivity index (χ0v) is 28.8. The highest BCUT2D eigenvalue weighted by molar-refractivity contribution is 5.98. The Bertz CT molecular complexity index is 1900. The molecule has 0 spiro atoms. The zero-order chi connectivity index (χ0) is 35.4. The normalized spacial score (nSPS) is 21.2. The highest BCUT2D eigenvalue weighted by Gasteiger charge is 2.55. The molecule has 3 aromatic carbocycles. The molecule has 2 bridgehead atoms. The number of aliphatic hydroxyl groups excluding tert-OH is 1. The minimum Gasteiger partial charge on any atom is -0.506 e. The maximum absolute atomic E-state index is 13.8. The van der Waals surface area contributed by atoms with Crippen LogP contribution in [-0.4, -0.2) is 95.4 Å². The molecule has 5 heterocycles. The molecule has 0 radical (unpaired) electrons. The van der Waals surface area contributed by atoms with Crippen molar-refractivity contribution in [3.05, 3.63) is 106 Å². The highest BCUT2D eigenvalue weighted by Crippen LogP contribution is 2.39. The number of aromatic hydroxyl groups is 1. The number of esters is 1. The summed E-state index contributed by atoms with van der Waals surface area (Å²) in [6.07, 6.45) is 3.87. The lowest BCUT2D eigenvalue weighted by Crippen LogP contribution is -2.66. The molecule has 4 aliphatic rings. The van der Waals surface area contributed by atoms with Crippen molar-refractivity contribution in [1.29, 1.82) is 0 Å². The number of carbonyl (C=O) groups is 2. The Kier molecular flexibility index (Phi) is 10.4. The first kappa shape index (κ1) is 34.7. The number of pyridine rings is 1. The van der Waals surface area contributed by atoms with Crippen molar-refractivity contribution in [3.63, 3.8) is 0 Å². The fourth-order valence-corrected chi connectivity index (χ4v) is 7.75. The molecule has 0 saturated carbocycles. The fraction of sp³-hybridized carbons (Fsp3) is 0.425. The maximum atomic E-state index is 13.8. The summed E-state index contributed by atoms with van der Waals surface area (Å²) < 4.78 is 12.2. The van der Waals surface area contributed by atoms with E-state index in [0.29, 0.717) is 53.4 Å². The van der Waals surface area contributed by atoms with Crippen LogP contribution in [-0.2, 0) is 14.9 Å². The Morgan fingerprint density at radius 3 is 2.53 bits per heavy atom. The number of hydrogen-bond acceptors (Lipinski definition) is 9. The molecule has 4 aliphatic heterocycles. The van der Waals surface area contributed by atoms with Crippen LogP contribution in [0.1, 0.15) is 59.7 Å². The third-order valence-electron chi connectivity index (χ3n) is 10.7. The van der Waals surface area contributed by atoms with Gasteiger partial charge in [0.05, 0.1) is 18.2 Å². The van der Waals surface area contributed by atoms with Crippen molar-refractivity contribution in [2.24, 2.45) is 5.92 Å². The van der Waals surface area contributed by atoms with Gasteiger partial charge in [-0.2, -0.15) is 0 Å². The molecule has 8 rings (SSSR count). The van der Waals surface area contributed by atoms with Crippen LogP contribution < -0.4 is 15.6 Å². The Morgan fingerprint density at radius 1 is 0.961 bits per heavy atom. The number of nitrogens with one attached hydrogen (secondary N) is 2. The predicted octanol–water partition coefficient (Wildman–Crippen LogP) is 4.14. The van der Waals surface area contributed by atoms with Gasteiger partial charge in [-0.1, -0.05) is 42.5 Å². The standard InChI is InChI=1S/C40H46N4O7/c45-33-14-12-31(32-13-15-36(47)42-37(32)33)34(46)23-41-18-5-2-6-21-50-30-11-7-8-28(22-30)38(48)44-25-40(26-44,29-9-3-1-4-10-29)39(49)51-35-24-43-19-16-27(35)17-20-43/h1,3-4,7-15,22,27,34-35,41,45-46H,2,5-6,16-21,23-26H2,(H,42,47)/t34-,35-/m0/s1. The van der Waals surface area contributed by atoms with E-state index in [2.05, 4.69) is 15.2 Å². The first-order chi connectivity index (χ1) is 24.8. The monoisotopic (exact) mass is 694 g/mol. The summed E-state index contributed by atoms with van der Waals surface area (Å²) in [6.45, 7) is 5.04. The molecule has 2 atom stereocenters. The number of carbonyl (C=O) groups excluding carboxylic acids is 2. The lowest BCUT2D eigenvalue weighted by molar-refractivity contribution is -0.171. The number of phenolic OH excluding ortho intramolecular Hbond substituents is 1. The molecule has 1 aromatic heterocycles. The lowest BCUT2D eigenvalue weighted by Gasteiger charge is -2.50. The summed E-state index contributed by atoms with van der Waals surface area (Å²) in [4.78, 5) is 45.8. The number of ether oxygens (including phenoxy) is 2. The van der Waals surface area contributed by atoms with Gasteiger partial charge in [-0.3, -0.25) is 19.3 Å². The second-order valence-corrected chi connectivity index (χ2v) is 14.1. The zero-order valence-electron chi connectivity index (χ0n) is 28.8. The van der Waals surface area contributed by atoms with Gasteiger partial charge in [-0.15, -0.1) is 0 Å². The van der Waals surface area contributed by atoms with E-state index >= 15 is 0 Å². The quantitative estimate of drug-likeness (QED) is 0.113. The molecule has 1 amide bonds. The predicted molar refractivity (Wildman–Crippen MR) is 193 cm³/mol. The van der Waals surface area contributed by atoms with E-state index in [-0.39, 0.29) is 42.4 Å². The number of likely N-dealkylation sites (tertiary alicyclic amines) is 1. The van der Waals surface area contributed by atoms with Crippen LogP contribution in [0.2, 0.25) is 0 Å². The molecule has 4 N–H and O–H groups in total. The summed E-state index contributed by atoms with van der Waals surface area (Å²) >= 11 is 0. The van der Waals surface area contributed by atoms with Crippen molar-refractivity contribution >= 4 is 22.8 Å². The lowest BCUT2D eigenvalue weighted by atomic mass is 9.73. The molecule has 0 aliphatic carbocycles. The van der Waals surface area contributed by atoms with E-state index in [1.54, 1.807) is 29.2 Å². The number of nitrogens with zero attached hydrogens (tertiary/aromatic N) is 2. The van der Waals surface area contributed by atoms with Crippen LogP contribution >= 0.6 is 0 Å². The number of benzene rings is 3. The van der Waals surface area contributed by atoms with Crippen LogP contribution in [0.5, 0.6) is 11.5 Å². The van der Waals surface area contributed by atoms with Crippen LogP contribution in [0.4, 0.5) is 0 Å². The average Bonchev–Trinajstić information content (AvgIpc) is 3.13. The molecule has 0 unspecified atom stereocenters. The van der Waals surface area contributed by atoms with Gasteiger partial charge in [0, 0.05) is 43.2 Å². The van der Waals surface area contributed by atoms with E-state index in [0.717, 1.165) is 57.3 Å². The first-order valence-electron chi connectivity index (χ1n) is 18.1. The molecule has 51 heavy (non-hydrogen) atoms. The fourth-order valence-electron chi connectivity index (χ4n) is 7.75. The Labute approximate surface area is 297 Å². The van der Waals surface area contributed by atoms with E-state index < -0.39 is 11.5 Å². The molecular weight excluding hydrogens is 648 g/mol. The van der Waals surface area contributed by atoms with Crippen LogP contribution in [0.15, 0.2) is 83.7 Å². The second-order valence-electron chi connectivity index (χ2n) is 14.1. The van der Waals surface area contributed by atoms with Gasteiger partial charge in [0.1, 0.15) is 23.0 Å². The van der Waals surface area contributed by atoms with Gasteiger partial charge < -0.3 is 34.9 Å². The average molecular weight is 695 g/mol. The molecular formula is C40H46N4O7. The number of hydrogen-bond donors (Lipinski definition) is 4. The van der Waals surface area contributed by atoms with Gasteiger partial charge in [-0.25, -0.2) is 0 Å². The number of aromatic nitrogens is 1. The van der Waals surface area contributed by atoms with E-state index in [9.17, 15) is 24.6 Å². The number of aromatic amines is 1. The van der Waals surface area contributed by atoms with E-state index in [4.69, 9.17) is 9.47 Å². The first-order valence-corrected chi connectivity index (χ1v) is 18.1. The van der Waals surface area contributed by atoms with Crippen molar-refractivity contribution in [1.82, 2.24) is 20.1 Å². The largest absolute Gasteiger partial charge is 0.506 e. The number of unbranched alkanes of at least 4 members (excludes halogenated alkanes) is 2. The number of rotatable bonds is 14. The smallest absolute Gasteiger partial charge is 0.320 e. The Hall–Kier alpha value is -4.71. The van der Waals surface area contributed by atoms with Crippen molar-refractivity contribution in [3.8, 4) is 11.5 Å². The Morgan fingerprint density at radius 2 is 1.76 bits per heavy atom. The summed E-state index contributed by atoms with van der Waals surface area (Å²) in [5.74, 6) is 0.638. The SMILES string of the molecule is O=C(c1cccc(OCCCCCNC[C@H](O)c2ccc(O)c3[nH]c(=O)ccc23)c1)N1CC(C(=O)O[C@H]2CN3CCC2CC3)(c2ccccc2)C1. The van der Waals surface area contributed by atoms with Crippen LogP contribution in [0, 0.1) is 5.92 Å². The molecule has 4 aromatic rings. The number of amides is 1. The second kappa shape index (κ2) is 15.3. The minimum absolute atomic E-state index is 0.0355. The number of H-pyrrole nitrogens is 1. The van der Waals surface area contributed by atoms with Gasteiger partial charge in [0.15, 0.2) is 0 Å². The molecule has 4 fully saturated rings.